The highest BCUT2D eigenvalue weighted by atomic mass is 16.5. The summed E-state index contributed by atoms with van der Waals surface area (Å²) in [6, 6.07) is 6.16. The van der Waals surface area contributed by atoms with Crippen LogP contribution in [-0.2, 0) is 4.79 Å². The van der Waals surface area contributed by atoms with Crippen molar-refractivity contribution in [1.29, 1.82) is 0 Å². The zero-order valence-corrected chi connectivity index (χ0v) is 10.6. The molecule has 3 rings (SSSR count). The third-order valence-corrected chi connectivity index (χ3v) is 3.98. The van der Waals surface area contributed by atoms with E-state index in [0.717, 1.165) is 6.42 Å². The van der Waals surface area contributed by atoms with Gasteiger partial charge in [-0.05, 0) is 36.5 Å². The number of carbonyl (C=O) groups excluding carboxylic acids is 1. The van der Waals surface area contributed by atoms with Gasteiger partial charge >= 0.3 is 5.97 Å². The third kappa shape index (κ3) is 1.95. The summed E-state index contributed by atoms with van der Waals surface area (Å²) in [6.07, 6.45) is 0.929. The first kappa shape index (κ1) is 12.0. The number of fused-ring (bicyclic) bond motifs is 1. The van der Waals surface area contributed by atoms with E-state index in [1.807, 2.05) is 0 Å². The topological polar surface area (TPSA) is 66.8 Å². The van der Waals surface area contributed by atoms with Crippen LogP contribution in [0.5, 0.6) is 5.75 Å². The first-order valence-corrected chi connectivity index (χ1v) is 6.29. The number of hydrogen-bond acceptors (Lipinski definition) is 3. The number of nitrogens with zero attached hydrogens (tertiary/aromatic N) is 1. The average Bonchev–Trinajstić information content (AvgIpc) is 3.07. The maximum atomic E-state index is 12.4. The SMILES string of the molecule is COc1cccc(C(=O)N2C[C@@H]3C[C@H]3[C@H]2C(=O)O)c1. The average molecular weight is 261 g/mol. The summed E-state index contributed by atoms with van der Waals surface area (Å²) >= 11 is 0. The fraction of sp³-hybridized carbons (Fsp3) is 0.429. The molecule has 0 bridgehead atoms. The number of likely N-dealkylation sites (tertiary alicyclic amines) is 1. The summed E-state index contributed by atoms with van der Waals surface area (Å²) in [6.45, 7) is 0.553. The molecule has 1 amide bonds. The second-order valence-electron chi connectivity index (χ2n) is 5.13. The molecule has 1 saturated heterocycles. The van der Waals surface area contributed by atoms with E-state index in [1.165, 1.54) is 12.0 Å². The van der Waals surface area contributed by atoms with Crippen LogP contribution in [0.15, 0.2) is 24.3 Å². The van der Waals surface area contributed by atoms with Crippen LogP contribution in [-0.4, -0.2) is 41.6 Å². The number of ether oxygens (including phenoxy) is 1. The van der Waals surface area contributed by atoms with Crippen molar-refractivity contribution in [3.05, 3.63) is 29.8 Å². The Morgan fingerprint density at radius 3 is 2.89 bits per heavy atom. The zero-order chi connectivity index (χ0) is 13.6. The van der Waals surface area contributed by atoms with Crippen molar-refractivity contribution in [3.63, 3.8) is 0 Å². The molecular formula is C14H15NO4. The number of hydrogen-bond donors (Lipinski definition) is 1. The van der Waals surface area contributed by atoms with E-state index in [-0.39, 0.29) is 11.8 Å². The largest absolute Gasteiger partial charge is 0.497 e. The highest BCUT2D eigenvalue weighted by molar-refractivity contribution is 5.97. The number of carboxylic acid groups (broad SMARTS) is 1. The van der Waals surface area contributed by atoms with Gasteiger partial charge in [0.1, 0.15) is 11.8 Å². The zero-order valence-electron chi connectivity index (χ0n) is 10.6. The number of carboxylic acids is 1. The van der Waals surface area contributed by atoms with Gasteiger partial charge in [-0.15, -0.1) is 0 Å². The van der Waals surface area contributed by atoms with Gasteiger partial charge in [0.25, 0.3) is 5.91 Å². The first-order valence-electron chi connectivity index (χ1n) is 6.29. The van der Waals surface area contributed by atoms with Crippen molar-refractivity contribution >= 4 is 11.9 Å². The third-order valence-electron chi connectivity index (χ3n) is 3.98. The first-order chi connectivity index (χ1) is 9.11. The number of amides is 1. The summed E-state index contributed by atoms with van der Waals surface area (Å²) in [7, 11) is 1.54. The van der Waals surface area contributed by atoms with Crippen LogP contribution in [0.1, 0.15) is 16.8 Å². The van der Waals surface area contributed by atoms with E-state index in [9.17, 15) is 14.7 Å². The lowest BCUT2D eigenvalue weighted by atomic mass is 10.1. The summed E-state index contributed by atoms with van der Waals surface area (Å²) in [4.78, 5) is 25.2. The molecule has 0 spiro atoms. The minimum absolute atomic E-state index is 0.145. The lowest BCUT2D eigenvalue weighted by Gasteiger charge is -2.24. The predicted octanol–water partition coefficient (Wildman–Crippen LogP) is 1.24. The number of rotatable bonds is 3. The highest BCUT2D eigenvalue weighted by Crippen LogP contribution is 2.49. The number of methoxy groups -OCH3 is 1. The molecule has 3 atom stereocenters. The second-order valence-corrected chi connectivity index (χ2v) is 5.13. The second kappa shape index (κ2) is 4.26. The van der Waals surface area contributed by atoms with Gasteiger partial charge in [0.05, 0.1) is 7.11 Å². The molecule has 2 fully saturated rings. The molecule has 5 nitrogen and oxygen atoms in total. The monoisotopic (exact) mass is 261 g/mol. The number of piperidine rings is 1. The smallest absolute Gasteiger partial charge is 0.326 e. The number of aliphatic carboxylic acids is 1. The highest BCUT2D eigenvalue weighted by Gasteiger charge is 2.57. The van der Waals surface area contributed by atoms with Crippen LogP contribution < -0.4 is 4.74 Å². The molecule has 1 aromatic carbocycles. The van der Waals surface area contributed by atoms with Crippen molar-refractivity contribution in [2.24, 2.45) is 11.8 Å². The molecule has 100 valence electrons. The normalized spacial score (nSPS) is 27.8. The quantitative estimate of drug-likeness (QED) is 0.889. The standard InChI is InChI=1S/C14H15NO4/c1-19-10-4-2-3-8(5-10)13(16)15-7-9-6-11(9)12(15)14(17)18/h2-5,9,11-12H,6-7H2,1H3,(H,17,18)/t9-,11+,12-/m0/s1. The molecule has 1 heterocycles. The molecule has 1 aliphatic carbocycles. The van der Waals surface area contributed by atoms with E-state index in [4.69, 9.17) is 4.74 Å². The van der Waals surface area contributed by atoms with Crippen molar-refractivity contribution < 1.29 is 19.4 Å². The van der Waals surface area contributed by atoms with Gasteiger partial charge in [-0.1, -0.05) is 6.07 Å². The van der Waals surface area contributed by atoms with Gasteiger partial charge in [0.2, 0.25) is 0 Å². The Bertz CT molecular complexity index is 542. The molecule has 19 heavy (non-hydrogen) atoms. The molecule has 1 saturated carbocycles. The van der Waals surface area contributed by atoms with Crippen molar-refractivity contribution in [3.8, 4) is 5.75 Å². The predicted molar refractivity (Wildman–Crippen MR) is 67.1 cm³/mol. The maximum absolute atomic E-state index is 12.4. The molecule has 1 N–H and O–H groups in total. The molecule has 0 unspecified atom stereocenters. The van der Waals surface area contributed by atoms with Crippen LogP contribution in [0.4, 0.5) is 0 Å². The Labute approximate surface area is 110 Å². The van der Waals surface area contributed by atoms with Gasteiger partial charge < -0.3 is 14.7 Å². The van der Waals surface area contributed by atoms with Crippen molar-refractivity contribution in [1.82, 2.24) is 4.90 Å². The molecule has 1 aromatic rings. The minimum atomic E-state index is -0.902. The molecule has 0 aromatic heterocycles. The maximum Gasteiger partial charge on any atom is 0.326 e. The van der Waals surface area contributed by atoms with Crippen LogP contribution in [0, 0.1) is 11.8 Å². The minimum Gasteiger partial charge on any atom is -0.497 e. The van der Waals surface area contributed by atoms with Gasteiger partial charge in [-0.25, -0.2) is 4.79 Å². The van der Waals surface area contributed by atoms with Gasteiger partial charge in [-0.3, -0.25) is 4.79 Å². The lowest BCUT2D eigenvalue weighted by molar-refractivity contribution is -0.142. The van der Waals surface area contributed by atoms with E-state index in [1.54, 1.807) is 24.3 Å². The van der Waals surface area contributed by atoms with Crippen LogP contribution in [0.2, 0.25) is 0 Å². The van der Waals surface area contributed by atoms with Gasteiger partial charge in [0.15, 0.2) is 0 Å². The van der Waals surface area contributed by atoms with Crippen LogP contribution >= 0.6 is 0 Å². The number of carbonyl (C=O) groups is 2. The Balaban J connectivity index is 1.85. The molecule has 1 aliphatic heterocycles. The summed E-state index contributed by atoms with van der Waals surface area (Å²) in [5.41, 5.74) is 0.479. The van der Waals surface area contributed by atoms with Crippen LogP contribution in [0.3, 0.4) is 0 Å². The summed E-state index contributed by atoms with van der Waals surface area (Å²) < 4.78 is 5.08. The lowest BCUT2D eigenvalue weighted by Crippen LogP contribution is -2.43. The molecule has 2 aliphatic rings. The molecular weight excluding hydrogens is 246 g/mol. The Morgan fingerprint density at radius 2 is 2.21 bits per heavy atom. The van der Waals surface area contributed by atoms with E-state index < -0.39 is 12.0 Å². The van der Waals surface area contributed by atoms with E-state index >= 15 is 0 Å². The Kier molecular flexibility index (Phi) is 2.69. The number of benzene rings is 1. The Morgan fingerprint density at radius 1 is 1.42 bits per heavy atom. The Hall–Kier alpha value is -2.04. The van der Waals surface area contributed by atoms with Crippen LogP contribution in [0.25, 0.3) is 0 Å². The summed E-state index contributed by atoms with van der Waals surface area (Å²) in [5.74, 6) is -0.00968. The van der Waals surface area contributed by atoms with E-state index in [2.05, 4.69) is 0 Å². The molecule has 5 heteroatoms. The van der Waals surface area contributed by atoms with Gasteiger partial charge in [-0.2, -0.15) is 0 Å². The molecule has 0 radical (unpaired) electrons. The van der Waals surface area contributed by atoms with Crippen molar-refractivity contribution in [2.45, 2.75) is 12.5 Å². The summed E-state index contributed by atoms with van der Waals surface area (Å²) in [5, 5.41) is 9.26. The fourth-order valence-electron chi connectivity index (χ4n) is 2.91. The van der Waals surface area contributed by atoms with Gasteiger partial charge in [0, 0.05) is 12.1 Å². The fourth-order valence-corrected chi connectivity index (χ4v) is 2.91. The van der Waals surface area contributed by atoms with Crippen molar-refractivity contribution in [2.75, 3.05) is 13.7 Å². The van der Waals surface area contributed by atoms with E-state index in [0.29, 0.717) is 23.8 Å².